The molecule has 0 saturated heterocycles. The summed E-state index contributed by atoms with van der Waals surface area (Å²) in [5.41, 5.74) is 15.2. The molecule has 0 radical (unpaired) electrons. The highest BCUT2D eigenvalue weighted by Gasteiger charge is 2.18. The number of para-hydroxylation sites is 2. The van der Waals surface area contributed by atoms with Crippen LogP contribution in [0.3, 0.4) is 0 Å². The first kappa shape index (κ1) is 28.6. The highest BCUT2D eigenvalue weighted by molar-refractivity contribution is 5.90. The van der Waals surface area contributed by atoms with Crippen LogP contribution in [0.2, 0.25) is 0 Å². The molecule has 0 fully saturated rings. The normalized spacial score (nSPS) is 11.3. The van der Waals surface area contributed by atoms with Crippen molar-refractivity contribution in [3.8, 4) is 67.3 Å². The van der Waals surface area contributed by atoms with E-state index < -0.39 is 0 Å². The topological polar surface area (TPSA) is 43.1 Å². The van der Waals surface area contributed by atoms with Crippen LogP contribution in [0.4, 0.5) is 0 Å². The molecular weight excluding hydrogens is 597 g/mol. The molecule has 9 rings (SSSR count). The van der Waals surface area contributed by atoms with Crippen molar-refractivity contribution < 1.29 is 0 Å². The van der Waals surface area contributed by atoms with Gasteiger partial charge in [-0.15, -0.1) is 0 Å². The van der Waals surface area contributed by atoms with Crippen LogP contribution in [-0.2, 0) is 0 Å². The Balaban J connectivity index is 1.21. The summed E-state index contributed by atoms with van der Waals surface area (Å²) in [5.74, 6) is 0. The number of nitrogens with zero attached hydrogens (tertiary/aromatic N) is 4. The van der Waals surface area contributed by atoms with Crippen LogP contribution >= 0.6 is 0 Å². The third-order valence-corrected chi connectivity index (χ3v) is 9.00. The summed E-state index contributed by atoms with van der Waals surface area (Å²) in [5, 5.41) is 0. The van der Waals surface area contributed by atoms with Crippen molar-refractivity contribution in [1.82, 2.24) is 19.4 Å². The Labute approximate surface area is 284 Å². The molecule has 0 N–H and O–H groups in total. The number of aromatic nitrogens is 4. The largest absolute Gasteiger partial charge is 0.299 e. The second kappa shape index (κ2) is 12.2. The van der Waals surface area contributed by atoms with E-state index >= 15 is 0 Å². The van der Waals surface area contributed by atoms with E-state index in [1.54, 1.807) is 0 Å². The van der Waals surface area contributed by atoms with Crippen LogP contribution in [0.1, 0.15) is 0 Å². The molecule has 4 heteroatoms. The van der Waals surface area contributed by atoms with Crippen LogP contribution < -0.4 is 0 Å². The third-order valence-electron chi connectivity index (χ3n) is 9.00. The maximum atomic E-state index is 5.23. The summed E-state index contributed by atoms with van der Waals surface area (Å²) < 4.78 is 2.17. The fourth-order valence-corrected chi connectivity index (χ4v) is 6.62. The van der Waals surface area contributed by atoms with Gasteiger partial charge in [0.05, 0.1) is 33.8 Å². The van der Waals surface area contributed by atoms with Gasteiger partial charge in [0.1, 0.15) is 5.65 Å². The van der Waals surface area contributed by atoms with Crippen LogP contribution in [0, 0.1) is 0 Å². The van der Waals surface area contributed by atoms with E-state index in [1.165, 1.54) is 0 Å². The molecule has 0 aliphatic carbocycles. The van der Waals surface area contributed by atoms with Gasteiger partial charge in [0, 0.05) is 28.5 Å². The zero-order chi connectivity index (χ0) is 32.6. The monoisotopic (exact) mass is 626 g/mol. The molecule has 0 amide bonds. The number of hydrogen-bond acceptors (Lipinski definition) is 3. The minimum absolute atomic E-state index is 0.859. The maximum Gasteiger partial charge on any atom is 0.137 e. The first-order valence-electron chi connectivity index (χ1n) is 16.4. The summed E-state index contributed by atoms with van der Waals surface area (Å²) in [6.07, 6.45) is 2.08. The van der Waals surface area contributed by atoms with Crippen molar-refractivity contribution in [1.29, 1.82) is 0 Å². The highest BCUT2D eigenvalue weighted by atomic mass is 15.0. The zero-order valence-corrected chi connectivity index (χ0v) is 26.6. The summed E-state index contributed by atoms with van der Waals surface area (Å²) in [7, 11) is 0. The van der Waals surface area contributed by atoms with Crippen molar-refractivity contribution in [2.45, 2.75) is 0 Å². The Morgan fingerprint density at radius 2 is 0.755 bits per heavy atom. The molecule has 0 aliphatic rings. The Morgan fingerprint density at radius 1 is 0.306 bits per heavy atom. The lowest BCUT2D eigenvalue weighted by molar-refractivity contribution is 1.19. The lowest BCUT2D eigenvalue weighted by Gasteiger charge is -2.14. The van der Waals surface area contributed by atoms with E-state index in [0.29, 0.717) is 0 Å². The van der Waals surface area contributed by atoms with E-state index in [4.69, 9.17) is 15.0 Å². The van der Waals surface area contributed by atoms with Gasteiger partial charge in [-0.2, -0.15) is 0 Å². The van der Waals surface area contributed by atoms with E-state index in [9.17, 15) is 0 Å². The molecule has 0 aliphatic heterocycles. The Hall–Kier alpha value is -6.65. The fraction of sp³-hybridized carbons (Fsp3) is 0. The number of rotatable bonds is 6. The Bertz CT molecular complexity index is 2570. The molecule has 3 heterocycles. The molecule has 0 bridgehead atoms. The van der Waals surface area contributed by atoms with E-state index in [-0.39, 0.29) is 0 Å². The molecule has 49 heavy (non-hydrogen) atoms. The van der Waals surface area contributed by atoms with Crippen molar-refractivity contribution in [2.24, 2.45) is 0 Å². The Morgan fingerprint density at radius 3 is 1.39 bits per heavy atom. The molecule has 3 aromatic heterocycles. The van der Waals surface area contributed by atoms with Gasteiger partial charge in [0.15, 0.2) is 0 Å². The maximum absolute atomic E-state index is 5.23. The summed E-state index contributed by atoms with van der Waals surface area (Å²) >= 11 is 0. The first-order chi connectivity index (χ1) is 24.3. The molecule has 0 atom stereocenters. The number of hydrogen-bond donors (Lipinski definition) is 0. The van der Waals surface area contributed by atoms with Crippen LogP contribution in [-0.4, -0.2) is 19.4 Å². The molecule has 4 nitrogen and oxygen atoms in total. The fourth-order valence-electron chi connectivity index (χ4n) is 6.62. The van der Waals surface area contributed by atoms with Gasteiger partial charge in [-0.05, 0) is 64.7 Å². The van der Waals surface area contributed by atoms with Crippen LogP contribution in [0.15, 0.2) is 182 Å². The SMILES string of the molecule is c1ccc(-c2cc(-c3ccc(-c4nc5ccccn5c4-c4ccccc4)cc3)cc(-c3nc4ccccc4nc3-c3ccccc3)c2)cc1. The van der Waals surface area contributed by atoms with Crippen LogP contribution in [0.25, 0.3) is 84.0 Å². The molecular formula is C45H30N4. The lowest BCUT2D eigenvalue weighted by Crippen LogP contribution is -1.96. The second-order valence-corrected chi connectivity index (χ2v) is 12.1. The molecule has 0 saturated carbocycles. The van der Waals surface area contributed by atoms with Crippen LogP contribution in [0.5, 0.6) is 0 Å². The molecule has 9 aromatic rings. The van der Waals surface area contributed by atoms with Crippen molar-refractivity contribution in [2.75, 3.05) is 0 Å². The van der Waals surface area contributed by atoms with E-state index in [2.05, 4.69) is 144 Å². The smallest absolute Gasteiger partial charge is 0.137 e. The van der Waals surface area contributed by atoms with E-state index in [1.807, 2.05) is 42.5 Å². The molecule has 0 unspecified atom stereocenters. The zero-order valence-electron chi connectivity index (χ0n) is 26.6. The molecule has 6 aromatic carbocycles. The number of imidazole rings is 1. The molecule has 230 valence electrons. The number of benzene rings is 6. The predicted molar refractivity (Wildman–Crippen MR) is 201 cm³/mol. The minimum atomic E-state index is 0.859. The van der Waals surface area contributed by atoms with Crippen molar-refractivity contribution in [3.05, 3.63) is 182 Å². The Kier molecular flexibility index (Phi) is 7.10. The average Bonchev–Trinajstić information content (AvgIpc) is 3.58. The summed E-state index contributed by atoms with van der Waals surface area (Å²) in [6.45, 7) is 0. The van der Waals surface area contributed by atoms with Gasteiger partial charge < -0.3 is 0 Å². The van der Waals surface area contributed by atoms with Gasteiger partial charge in [-0.3, -0.25) is 4.40 Å². The first-order valence-corrected chi connectivity index (χ1v) is 16.4. The van der Waals surface area contributed by atoms with Gasteiger partial charge in [0.2, 0.25) is 0 Å². The lowest BCUT2D eigenvalue weighted by atomic mass is 9.93. The standard InChI is InChI=1S/C45H30N4/c1-4-14-31(15-5-1)36-28-37(30-38(29-36)43-42(33-16-6-2-7-17-33)46-39-20-10-11-21-40(39)47-43)32-23-25-34(26-24-32)44-45(35-18-8-3-9-19-35)49-27-13-12-22-41(49)48-44/h1-30H. The third kappa shape index (κ3) is 5.35. The second-order valence-electron chi connectivity index (χ2n) is 12.1. The number of fused-ring (bicyclic) bond motifs is 2. The molecule has 0 spiro atoms. The summed E-state index contributed by atoms with van der Waals surface area (Å²) in [6, 6.07) is 61.1. The summed E-state index contributed by atoms with van der Waals surface area (Å²) in [4.78, 5) is 15.5. The quantitative estimate of drug-likeness (QED) is 0.184. The highest BCUT2D eigenvalue weighted by Crippen LogP contribution is 2.38. The van der Waals surface area contributed by atoms with Gasteiger partial charge in [-0.25, -0.2) is 15.0 Å². The van der Waals surface area contributed by atoms with Gasteiger partial charge in [-0.1, -0.05) is 133 Å². The average molecular weight is 627 g/mol. The number of pyridine rings is 1. The van der Waals surface area contributed by atoms with Gasteiger partial charge >= 0.3 is 0 Å². The van der Waals surface area contributed by atoms with Crippen molar-refractivity contribution >= 4 is 16.7 Å². The predicted octanol–water partition coefficient (Wildman–Crippen LogP) is 11.3. The minimum Gasteiger partial charge on any atom is -0.299 e. The van der Waals surface area contributed by atoms with E-state index in [0.717, 1.165) is 84.0 Å². The van der Waals surface area contributed by atoms with Gasteiger partial charge in [0.25, 0.3) is 0 Å². The van der Waals surface area contributed by atoms with Crippen molar-refractivity contribution in [3.63, 3.8) is 0 Å².